The van der Waals surface area contributed by atoms with Gasteiger partial charge >= 0.3 is 0 Å². The molecule has 1 fully saturated rings. The Hall–Kier alpha value is -2.85. The van der Waals surface area contributed by atoms with Crippen molar-refractivity contribution < 1.29 is 4.79 Å². The maximum atomic E-state index is 13.1. The van der Waals surface area contributed by atoms with E-state index in [9.17, 15) is 4.79 Å². The normalized spacial score (nSPS) is 15.1. The Morgan fingerprint density at radius 3 is 2.27 bits per heavy atom. The number of hydrogen-bond donors (Lipinski definition) is 3. The number of aryl methyl sites for hydroxylation is 1. The fourth-order valence-corrected chi connectivity index (χ4v) is 4.16. The van der Waals surface area contributed by atoms with E-state index in [1.165, 1.54) is 16.3 Å². The maximum Gasteiger partial charge on any atom is 0.252 e. The second kappa shape index (κ2) is 8.49. The van der Waals surface area contributed by atoms with Crippen LogP contribution in [0.3, 0.4) is 0 Å². The van der Waals surface area contributed by atoms with E-state index < -0.39 is 0 Å². The van der Waals surface area contributed by atoms with Crippen molar-refractivity contribution in [2.24, 2.45) is 0 Å². The van der Waals surface area contributed by atoms with E-state index in [2.05, 4.69) is 73.1 Å². The molecule has 1 aliphatic heterocycles. The number of carbonyl (C=O) groups excluding carboxylic acids is 1. The summed E-state index contributed by atoms with van der Waals surface area (Å²) in [5.41, 5.74) is 5.19. The number of fused-ring (bicyclic) bond motifs is 1. The molecule has 0 spiro atoms. The van der Waals surface area contributed by atoms with Crippen LogP contribution in [0.1, 0.15) is 59.8 Å². The van der Waals surface area contributed by atoms with Crippen molar-refractivity contribution in [2.45, 2.75) is 45.7 Å². The van der Waals surface area contributed by atoms with Gasteiger partial charge in [-0.3, -0.25) is 4.79 Å². The largest absolute Gasteiger partial charge is 0.380 e. The molecular weight excluding hydrogens is 370 g/mol. The van der Waals surface area contributed by atoms with E-state index in [4.69, 9.17) is 0 Å². The lowest BCUT2D eigenvalue weighted by Gasteiger charge is -2.29. The summed E-state index contributed by atoms with van der Waals surface area (Å²) in [6, 6.07) is 19.2. The average molecular weight is 402 g/mol. The van der Waals surface area contributed by atoms with Gasteiger partial charge < -0.3 is 16.0 Å². The molecule has 4 rings (SSSR count). The highest BCUT2D eigenvalue weighted by Crippen LogP contribution is 2.31. The molecule has 4 nitrogen and oxygen atoms in total. The maximum absolute atomic E-state index is 13.1. The Kier molecular flexibility index (Phi) is 5.78. The van der Waals surface area contributed by atoms with Crippen LogP contribution in [-0.2, 0) is 0 Å². The summed E-state index contributed by atoms with van der Waals surface area (Å²) in [5, 5.41) is 12.4. The van der Waals surface area contributed by atoms with E-state index in [1.807, 2.05) is 25.1 Å². The van der Waals surface area contributed by atoms with Gasteiger partial charge in [0.2, 0.25) is 0 Å². The molecule has 30 heavy (non-hydrogen) atoms. The molecule has 0 aliphatic carbocycles. The van der Waals surface area contributed by atoms with Gasteiger partial charge in [-0.05, 0) is 59.4 Å². The predicted molar refractivity (Wildman–Crippen MR) is 125 cm³/mol. The third kappa shape index (κ3) is 4.05. The molecule has 1 atom stereocenters. The summed E-state index contributed by atoms with van der Waals surface area (Å²) in [6.45, 7) is 10.4. The van der Waals surface area contributed by atoms with Crippen LogP contribution >= 0.6 is 0 Å². The van der Waals surface area contributed by atoms with E-state index in [-0.39, 0.29) is 11.9 Å². The molecule has 0 unspecified atom stereocenters. The van der Waals surface area contributed by atoms with E-state index in [0.29, 0.717) is 12.0 Å². The summed E-state index contributed by atoms with van der Waals surface area (Å²) < 4.78 is 0. The number of anilines is 1. The second-order valence-electron chi connectivity index (χ2n) is 8.67. The molecule has 1 heterocycles. The fourth-order valence-electron chi connectivity index (χ4n) is 4.16. The molecule has 1 aliphatic rings. The number of amides is 1. The monoisotopic (exact) mass is 401 g/mol. The van der Waals surface area contributed by atoms with Crippen molar-refractivity contribution in [3.63, 3.8) is 0 Å². The topological polar surface area (TPSA) is 53.2 Å². The summed E-state index contributed by atoms with van der Waals surface area (Å²) in [7, 11) is 0. The zero-order valence-electron chi connectivity index (χ0n) is 18.3. The predicted octanol–water partition coefficient (Wildman–Crippen LogP) is 5.15. The van der Waals surface area contributed by atoms with Crippen LogP contribution in [0.25, 0.3) is 10.8 Å². The number of carbonyl (C=O) groups is 1. The van der Waals surface area contributed by atoms with E-state index in [0.717, 1.165) is 35.5 Å². The van der Waals surface area contributed by atoms with Crippen LogP contribution < -0.4 is 16.0 Å². The van der Waals surface area contributed by atoms with Gasteiger partial charge in [-0.15, -0.1) is 0 Å². The molecule has 0 saturated carbocycles. The highest BCUT2D eigenvalue weighted by atomic mass is 16.1. The van der Waals surface area contributed by atoms with Gasteiger partial charge in [0.15, 0.2) is 0 Å². The zero-order valence-corrected chi connectivity index (χ0v) is 18.3. The second-order valence-corrected chi connectivity index (χ2v) is 8.67. The molecule has 3 aromatic carbocycles. The molecule has 156 valence electrons. The van der Waals surface area contributed by atoms with E-state index >= 15 is 0 Å². The first-order chi connectivity index (χ1) is 14.4. The molecule has 0 radical (unpaired) electrons. The van der Waals surface area contributed by atoms with Gasteiger partial charge in [0.25, 0.3) is 5.91 Å². The Morgan fingerprint density at radius 1 is 0.967 bits per heavy atom. The number of rotatable bonds is 6. The van der Waals surface area contributed by atoms with Crippen LogP contribution in [0.15, 0.2) is 54.6 Å². The first-order valence-electron chi connectivity index (χ1n) is 10.8. The number of benzene rings is 3. The molecule has 1 saturated heterocycles. The van der Waals surface area contributed by atoms with Gasteiger partial charge in [-0.25, -0.2) is 0 Å². The first-order valence-corrected chi connectivity index (χ1v) is 10.8. The lowest BCUT2D eigenvalue weighted by atomic mass is 9.91. The summed E-state index contributed by atoms with van der Waals surface area (Å²) in [5.74, 6) is 0.421. The molecule has 3 aromatic rings. The zero-order chi connectivity index (χ0) is 21.3. The molecule has 3 N–H and O–H groups in total. The van der Waals surface area contributed by atoms with Crippen LogP contribution in [0.5, 0.6) is 0 Å². The van der Waals surface area contributed by atoms with Crippen molar-refractivity contribution in [1.29, 1.82) is 0 Å². The smallest absolute Gasteiger partial charge is 0.252 e. The van der Waals surface area contributed by atoms with Crippen LogP contribution in [-0.4, -0.2) is 25.0 Å². The Balaban J connectivity index is 1.58. The van der Waals surface area contributed by atoms with E-state index in [1.54, 1.807) is 0 Å². The van der Waals surface area contributed by atoms with Gasteiger partial charge in [-0.2, -0.15) is 0 Å². The minimum atomic E-state index is -0.0875. The minimum absolute atomic E-state index is 0.0348. The van der Waals surface area contributed by atoms with Gasteiger partial charge in [0.05, 0.1) is 12.1 Å². The Bertz CT molecular complexity index is 1070. The van der Waals surface area contributed by atoms with Gasteiger partial charge in [0.1, 0.15) is 0 Å². The van der Waals surface area contributed by atoms with Crippen LogP contribution in [0.4, 0.5) is 5.69 Å². The standard InChI is InChI=1S/C26H31N3O/c1-16(2)21-11-12-22(24-8-6-5-7-23(21)24)18(4)28-26(30)25-13-19(10-9-17(25)3)29-20-14-27-15-20/h5-13,16,18,20,27,29H,14-15H2,1-4H3,(H,28,30)/t18-/m1/s1. The highest BCUT2D eigenvalue weighted by Gasteiger charge is 2.19. The van der Waals surface area contributed by atoms with Gasteiger partial charge in [-0.1, -0.05) is 56.3 Å². The summed E-state index contributed by atoms with van der Waals surface area (Å²) in [4.78, 5) is 13.1. The van der Waals surface area contributed by atoms with Crippen LogP contribution in [0, 0.1) is 6.92 Å². The molecule has 4 heteroatoms. The molecule has 1 amide bonds. The Morgan fingerprint density at radius 2 is 1.63 bits per heavy atom. The van der Waals surface area contributed by atoms with Crippen molar-refractivity contribution in [1.82, 2.24) is 10.6 Å². The minimum Gasteiger partial charge on any atom is -0.380 e. The molecule has 0 aromatic heterocycles. The summed E-state index contributed by atoms with van der Waals surface area (Å²) >= 11 is 0. The lowest BCUT2D eigenvalue weighted by Crippen LogP contribution is -2.51. The Labute approximate surface area is 179 Å². The summed E-state index contributed by atoms with van der Waals surface area (Å²) in [6.07, 6.45) is 0. The molecule has 0 bridgehead atoms. The highest BCUT2D eigenvalue weighted by molar-refractivity contribution is 5.97. The third-order valence-electron chi connectivity index (χ3n) is 6.06. The fraction of sp³-hybridized carbons (Fsp3) is 0.346. The van der Waals surface area contributed by atoms with Crippen LogP contribution in [0.2, 0.25) is 0 Å². The molecular formula is C26H31N3O. The SMILES string of the molecule is Cc1ccc(NC2CNC2)cc1C(=O)N[C@H](C)c1ccc(C(C)C)c2ccccc12. The van der Waals surface area contributed by atoms with Crippen molar-refractivity contribution >= 4 is 22.4 Å². The first kappa shape index (κ1) is 20.4. The quantitative estimate of drug-likeness (QED) is 0.536. The van der Waals surface area contributed by atoms with Crippen molar-refractivity contribution in [3.05, 3.63) is 76.9 Å². The average Bonchev–Trinajstić information content (AvgIpc) is 2.70. The van der Waals surface area contributed by atoms with Crippen molar-refractivity contribution in [2.75, 3.05) is 18.4 Å². The van der Waals surface area contributed by atoms with Crippen molar-refractivity contribution in [3.8, 4) is 0 Å². The lowest BCUT2D eigenvalue weighted by molar-refractivity contribution is 0.0939. The van der Waals surface area contributed by atoms with Gasteiger partial charge in [0, 0.05) is 24.3 Å². The third-order valence-corrected chi connectivity index (χ3v) is 6.06. The number of hydrogen-bond acceptors (Lipinski definition) is 3. The number of nitrogens with one attached hydrogen (secondary N) is 3.